The van der Waals surface area contributed by atoms with Gasteiger partial charge in [0.15, 0.2) is 5.43 Å². The lowest BCUT2D eigenvalue weighted by atomic mass is 9.99. The summed E-state index contributed by atoms with van der Waals surface area (Å²) in [6.45, 7) is 5.64. The van der Waals surface area contributed by atoms with E-state index in [2.05, 4.69) is 15.4 Å². The Hall–Kier alpha value is -3.65. The highest BCUT2D eigenvalue weighted by Crippen LogP contribution is 2.32. The van der Waals surface area contributed by atoms with E-state index in [4.69, 9.17) is 27.2 Å². The molecule has 0 fully saturated rings. The Labute approximate surface area is 189 Å². The van der Waals surface area contributed by atoms with Crippen LogP contribution in [0, 0.1) is 19.3 Å². The number of anilines is 1. The zero-order valence-corrected chi connectivity index (χ0v) is 18.9. The van der Waals surface area contributed by atoms with Crippen LogP contribution in [0.15, 0.2) is 45.9 Å². The molecule has 0 radical (unpaired) electrons. The monoisotopic (exact) mass is 450 g/mol. The zero-order valence-electron chi connectivity index (χ0n) is 18.2. The number of nitrogen functional groups attached to an aromatic ring is 1. The van der Waals surface area contributed by atoms with Crippen LogP contribution in [-0.2, 0) is 7.05 Å². The van der Waals surface area contributed by atoms with E-state index >= 15 is 0 Å². The van der Waals surface area contributed by atoms with Crippen molar-refractivity contribution in [3.05, 3.63) is 74.4 Å². The first-order valence-corrected chi connectivity index (χ1v) is 10.4. The molecule has 0 amide bonds. The van der Waals surface area contributed by atoms with Crippen LogP contribution in [0.5, 0.6) is 0 Å². The van der Waals surface area contributed by atoms with Crippen LogP contribution in [-0.4, -0.2) is 20.6 Å². The third kappa shape index (κ3) is 3.85. The summed E-state index contributed by atoms with van der Waals surface area (Å²) in [5.41, 5.74) is 9.92. The van der Waals surface area contributed by atoms with E-state index < -0.39 is 0 Å². The molecule has 0 unspecified atom stereocenters. The standard InChI is InChI=1S/C23H23ClN6O2/c1-11-7-15(13(3)28-17-5-6-18(24)29-19(17)23(25)26)22-16(8-11)20(31)12(2)21(32-22)14-9-27-30(4)10-14/h5-10,13,28H,1-4H3,(H3,25,26)/t13-/m1/s1. The van der Waals surface area contributed by atoms with Crippen LogP contribution in [0.25, 0.3) is 22.3 Å². The molecule has 3 aromatic heterocycles. The minimum absolute atomic E-state index is 0.0835. The molecule has 4 aromatic rings. The summed E-state index contributed by atoms with van der Waals surface area (Å²) in [6.07, 6.45) is 3.48. The lowest BCUT2D eigenvalue weighted by Gasteiger charge is -2.20. The number of hydrogen-bond acceptors (Lipinski definition) is 6. The SMILES string of the molecule is Cc1cc([C@@H](C)Nc2ccc(Cl)nc2C(=N)N)c2oc(-c3cnn(C)c3)c(C)c(=O)c2c1. The maximum atomic E-state index is 13.2. The molecule has 0 saturated carbocycles. The van der Waals surface area contributed by atoms with Crippen LogP contribution in [0.1, 0.15) is 35.3 Å². The van der Waals surface area contributed by atoms with Crippen LogP contribution in [0.3, 0.4) is 0 Å². The number of nitrogens with zero attached hydrogens (tertiary/aromatic N) is 3. The number of benzene rings is 1. The molecule has 9 heteroatoms. The van der Waals surface area contributed by atoms with Crippen molar-refractivity contribution in [3.8, 4) is 11.3 Å². The second-order valence-electron chi connectivity index (χ2n) is 7.83. The lowest BCUT2D eigenvalue weighted by molar-refractivity contribution is 0.605. The second kappa shape index (κ2) is 8.12. The highest BCUT2D eigenvalue weighted by Gasteiger charge is 2.20. The number of fused-ring (bicyclic) bond motifs is 1. The van der Waals surface area contributed by atoms with Crippen molar-refractivity contribution >= 4 is 34.1 Å². The van der Waals surface area contributed by atoms with Gasteiger partial charge in [0.05, 0.1) is 28.9 Å². The maximum absolute atomic E-state index is 13.2. The summed E-state index contributed by atoms with van der Waals surface area (Å²) in [6, 6.07) is 6.87. The van der Waals surface area contributed by atoms with E-state index in [0.717, 1.165) is 16.7 Å². The van der Waals surface area contributed by atoms with E-state index in [-0.39, 0.29) is 28.2 Å². The van der Waals surface area contributed by atoms with Gasteiger partial charge in [-0.15, -0.1) is 0 Å². The third-order valence-corrected chi connectivity index (χ3v) is 5.52. The Balaban J connectivity index is 1.88. The Morgan fingerprint density at radius 3 is 2.72 bits per heavy atom. The Bertz CT molecular complexity index is 1420. The predicted molar refractivity (Wildman–Crippen MR) is 126 cm³/mol. The predicted octanol–water partition coefficient (Wildman–Crippen LogP) is 4.32. The minimum Gasteiger partial charge on any atom is -0.455 e. The number of nitrogens with two attached hydrogens (primary N) is 1. The van der Waals surface area contributed by atoms with Crippen molar-refractivity contribution in [1.29, 1.82) is 5.41 Å². The average molecular weight is 451 g/mol. The summed E-state index contributed by atoms with van der Waals surface area (Å²) in [7, 11) is 1.81. The smallest absolute Gasteiger partial charge is 0.196 e. The molecule has 1 atom stereocenters. The van der Waals surface area contributed by atoms with Crippen molar-refractivity contribution in [3.63, 3.8) is 0 Å². The number of hydrogen-bond donors (Lipinski definition) is 3. The van der Waals surface area contributed by atoms with Gasteiger partial charge in [-0.3, -0.25) is 14.9 Å². The van der Waals surface area contributed by atoms with Crippen LogP contribution < -0.4 is 16.5 Å². The van der Waals surface area contributed by atoms with Gasteiger partial charge in [0.25, 0.3) is 0 Å². The molecule has 0 bridgehead atoms. The molecule has 3 heterocycles. The second-order valence-corrected chi connectivity index (χ2v) is 8.22. The molecule has 1 aromatic carbocycles. The molecule has 0 aliphatic carbocycles. The lowest BCUT2D eigenvalue weighted by Crippen LogP contribution is -2.18. The van der Waals surface area contributed by atoms with Crippen LogP contribution in [0.4, 0.5) is 5.69 Å². The van der Waals surface area contributed by atoms with Gasteiger partial charge in [-0.25, -0.2) is 4.98 Å². The third-order valence-electron chi connectivity index (χ3n) is 5.31. The van der Waals surface area contributed by atoms with Gasteiger partial charge >= 0.3 is 0 Å². The van der Waals surface area contributed by atoms with Crippen molar-refractivity contribution in [2.45, 2.75) is 26.8 Å². The van der Waals surface area contributed by atoms with Crippen LogP contribution >= 0.6 is 11.6 Å². The topological polar surface area (TPSA) is 123 Å². The number of nitrogens with one attached hydrogen (secondary N) is 2. The quantitative estimate of drug-likeness (QED) is 0.236. The van der Waals surface area contributed by atoms with E-state index in [9.17, 15) is 4.79 Å². The highest BCUT2D eigenvalue weighted by atomic mass is 35.5. The molecule has 0 aliphatic heterocycles. The molecule has 4 rings (SSSR count). The first-order chi connectivity index (χ1) is 15.2. The summed E-state index contributed by atoms with van der Waals surface area (Å²) < 4.78 is 7.98. The van der Waals surface area contributed by atoms with Gasteiger partial charge in [0.2, 0.25) is 0 Å². The molecule has 0 aliphatic rings. The summed E-state index contributed by atoms with van der Waals surface area (Å²) in [5, 5.41) is 16.1. The molecule has 32 heavy (non-hydrogen) atoms. The fourth-order valence-electron chi connectivity index (χ4n) is 3.77. The minimum atomic E-state index is -0.286. The number of pyridine rings is 1. The molecular weight excluding hydrogens is 428 g/mol. The molecule has 164 valence electrons. The molecule has 0 spiro atoms. The summed E-state index contributed by atoms with van der Waals surface area (Å²) in [4.78, 5) is 17.4. The van der Waals surface area contributed by atoms with Gasteiger partial charge in [-0.05, 0) is 44.5 Å². The van der Waals surface area contributed by atoms with E-state index in [1.165, 1.54) is 0 Å². The largest absolute Gasteiger partial charge is 0.455 e. The van der Waals surface area contributed by atoms with Crippen molar-refractivity contribution in [1.82, 2.24) is 14.8 Å². The average Bonchev–Trinajstić information content (AvgIpc) is 3.17. The van der Waals surface area contributed by atoms with E-state index in [1.54, 1.807) is 29.9 Å². The molecule has 0 saturated heterocycles. The van der Waals surface area contributed by atoms with E-state index in [0.29, 0.717) is 28.0 Å². The Kier molecular flexibility index (Phi) is 5.48. The number of amidine groups is 1. The first kappa shape index (κ1) is 21.6. The van der Waals surface area contributed by atoms with Crippen molar-refractivity contribution in [2.75, 3.05) is 5.32 Å². The number of aromatic nitrogens is 3. The van der Waals surface area contributed by atoms with Crippen molar-refractivity contribution < 1.29 is 4.42 Å². The fourth-order valence-corrected chi connectivity index (χ4v) is 3.92. The number of halogens is 1. The number of rotatable bonds is 5. The summed E-state index contributed by atoms with van der Waals surface area (Å²) in [5.74, 6) is 0.294. The van der Waals surface area contributed by atoms with E-state index in [1.807, 2.05) is 39.2 Å². The van der Waals surface area contributed by atoms with Crippen LogP contribution in [0.2, 0.25) is 5.15 Å². The van der Waals surface area contributed by atoms with Gasteiger partial charge in [-0.1, -0.05) is 17.7 Å². The maximum Gasteiger partial charge on any atom is 0.196 e. The Morgan fingerprint density at radius 2 is 2.06 bits per heavy atom. The number of aryl methyl sites for hydroxylation is 2. The molecule has 8 nitrogen and oxygen atoms in total. The van der Waals surface area contributed by atoms with Gasteiger partial charge < -0.3 is 15.5 Å². The molecular formula is C23H23ClN6O2. The van der Waals surface area contributed by atoms with Gasteiger partial charge in [0, 0.05) is 24.4 Å². The fraction of sp³-hybridized carbons (Fsp3) is 0.217. The Morgan fingerprint density at radius 1 is 1.31 bits per heavy atom. The van der Waals surface area contributed by atoms with Gasteiger partial charge in [-0.2, -0.15) is 5.10 Å². The highest BCUT2D eigenvalue weighted by molar-refractivity contribution is 6.29. The first-order valence-electron chi connectivity index (χ1n) is 10.00. The summed E-state index contributed by atoms with van der Waals surface area (Å²) >= 11 is 5.98. The molecule has 4 N–H and O–H groups in total. The van der Waals surface area contributed by atoms with Crippen molar-refractivity contribution in [2.24, 2.45) is 12.8 Å². The normalized spacial score (nSPS) is 12.2. The van der Waals surface area contributed by atoms with Gasteiger partial charge in [0.1, 0.15) is 28.0 Å². The zero-order chi connectivity index (χ0) is 23.2.